The van der Waals surface area contributed by atoms with Gasteiger partial charge in [0.2, 0.25) is 11.8 Å². The summed E-state index contributed by atoms with van der Waals surface area (Å²) in [6, 6.07) is 5.85. The molecule has 0 aromatic heterocycles. The van der Waals surface area contributed by atoms with Crippen LogP contribution < -0.4 is 0 Å². The molecule has 1 aliphatic rings. The minimum atomic E-state index is -3.22. The summed E-state index contributed by atoms with van der Waals surface area (Å²) in [6.07, 6.45) is 1.22. The van der Waals surface area contributed by atoms with Crippen LogP contribution in [0.4, 0.5) is 4.39 Å². The Hall–Kier alpha value is -1.96. The standard InChI is InChI=1S/C19H27FN2O4S/c1-14(2)17-13-21(18(23)9-11-27(3,25)26)10-8-19(24)22(17)12-15-4-6-16(20)7-5-15/h4-7,14,17H,8-13H2,1-3H3. The van der Waals surface area contributed by atoms with E-state index in [9.17, 15) is 22.4 Å². The molecule has 0 bridgehead atoms. The summed E-state index contributed by atoms with van der Waals surface area (Å²) in [5, 5.41) is 0. The molecule has 2 rings (SSSR count). The third-order valence-corrected chi connectivity index (χ3v) is 5.74. The quantitative estimate of drug-likeness (QED) is 0.733. The zero-order chi connectivity index (χ0) is 20.2. The molecule has 0 saturated carbocycles. The Morgan fingerprint density at radius 3 is 2.44 bits per heavy atom. The summed E-state index contributed by atoms with van der Waals surface area (Å²) in [5.41, 5.74) is 0.826. The molecule has 1 aliphatic heterocycles. The molecule has 1 fully saturated rings. The highest BCUT2D eigenvalue weighted by Crippen LogP contribution is 2.21. The first-order chi connectivity index (χ1) is 12.6. The topological polar surface area (TPSA) is 74.8 Å². The molecule has 6 nitrogen and oxygen atoms in total. The van der Waals surface area contributed by atoms with Gasteiger partial charge in [0.15, 0.2) is 0 Å². The maximum atomic E-state index is 13.1. The van der Waals surface area contributed by atoms with Gasteiger partial charge in [0, 0.05) is 38.7 Å². The molecule has 0 spiro atoms. The van der Waals surface area contributed by atoms with E-state index in [1.165, 1.54) is 12.1 Å². The van der Waals surface area contributed by atoms with Gasteiger partial charge in [0.05, 0.1) is 11.8 Å². The minimum Gasteiger partial charge on any atom is -0.340 e. The maximum absolute atomic E-state index is 13.1. The van der Waals surface area contributed by atoms with Crippen molar-refractivity contribution in [2.75, 3.05) is 25.1 Å². The molecule has 1 heterocycles. The zero-order valence-electron chi connectivity index (χ0n) is 16.0. The molecule has 0 aliphatic carbocycles. The molecule has 2 amide bonds. The summed E-state index contributed by atoms with van der Waals surface area (Å²) in [4.78, 5) is 28.5. The first kappa shape index (κ1) is 21.3. The van der Waals surface area contributed by atoms with Crippen molar-refractivity contribution in [2.45, 2.75) is 39.3 Å². The molecule has 8 heteroatoms. The highest BCUT2D eigenvalue weighted by Gasteiger charge is 2.33. The van der Waals surface area contributed by atoms with Crippen molar-refractivity contribution in [3.05, 3.63) is 35.6 Å². The summed E-state index contributed by atoms with van der Waals surface area (Å²) < 4.78 is 35.8. The number of carbonyl (C=O) groups excluding carboxylic acids is 2. The normalized spacial score (nSPS) is 18.7. The van der Waals surface area contributed by atoms with E-state index < -0.39 is 9.84 Å². The van der Waals surface area contributed by atoms with Gasteiger partial charge in [0.25, 0.3) is 0 Å². The lowest BCUT2D eigenvalue weighted by Crippen LogP contribution is -2.47. The summed E-state index contributed by atoms with van der Waals surface area (Å²) >= 11 is 0. The summed E-state index contributed by atoms with van der Waals surface area (Å²) in [6.45, 7) is 4.98. The van der Waals surface area contributed by atoms with E-state index in [0.29, 0.717) is 13.1 Å². The molecular formula is C19H27FN2O4S. The average molecular weight is 399 g/mol. The maximum Gasteiger partial charge on any atom is 0.224 e. The molecule has 1 saturated heterocycles. The molecule has 1 aromatic carbocycles. The lowest BCUT2D eigenvalue weighted by molar-refractivity contribution is -0.134. The summed E-state index contributed by atoms with van der Waals surface area (Å²) in [7, 11) is -3.22. The van der Waals surface area contributed by atoms with Gasteiger partial charge in [-0.25, -0.2) is 12.8 Å². The van der Waals surface area contributed by atoms with Crippen molar-refractivity contribution in [3.8, 4) is 0 Å². The van der Waals surface area contributed by atoms with E-state index in [1.807, 2.05) is 13.8 Å². The van der Waals surface area contributed by atoms with Crippen molar-refractivity contribution in [3.63, 3.8) is 0 Å². The van der Waals surface area contributed by atoms with Crippen molar-refractivity contribution in [1.82, 2.24) is 9.80 Å². The van der Waals surface area contributed by atoms with Gasteiger partial charge < -0.3 is 9.80 Å². The van der Waals surface area contributed by atoms with Gasteiger partial charge in [-0.1, -0.05) is 26.0 Å². The predicted octanol–water partition coefficient (Wildman–Crippen LogP) is 1.85. The third kappa shape index (κ3) is 6.30. The highest BCUT2D eigenvalue weighted by atomic mass is 32.2. The Bertz CT molecular complexity index is 777. The van der Waals surface area contributed by atoms with Crippen LogP contribution in [0.15, 0.2) is 24.3 Å². The molecule has 0 N–H and O–H groups in total. The van der Waals surface area contributed by atoms with Gasteiger partial charge in [-0.3, -0.25) is 9.59 Å². The molecule has 1 atom stereocenters. The molecule has 27 heavy (non-hydrogen) atoms. The number of benzene rings is 1. The zero-order valence-corrected chi connectivity index (χ0v) is 16.8. The van der Waals surface area contributed by atoms with Crippen LogP contribution in [0.3, 0.4) is 0 Å². The second-order valence-electron chi connectivity index (χ2n) is 7.43. The van der Waals surface area contributed by atoms with Gasteiger partial charge in [0.1, 0.15) is 15.7 Å². The molecule has 1 unspecified atom stereocenters. The summed E-state index contributed by atoms with van der Waals surface area (Å²) in [5.74, 6) is -0.720. The lowest BCUT2D eigenvalue weighted by Gasteiger charge is -2.34. The first-order valence-electron chi connectivity index (χ1n) is 9.06. The van der Waals surface area contributed by atoms with Crippen LogP contribution in [0.2, 0.25) is 0 Å². The Labute approximate surface area is 160 Å². The van der Waals surface area contributed by atoms with Crippen LogP contribution in [0.1, 0.15) is 32.3 Å². The van der Waals surface area contributed by atoms with Crippen LogP contribution in [0.5, 0.6) is 0 Å². The highest BCUT2D eigenvalue weighted by molar-refractivity contribution is 7.90. The molecule has 0 radical (unpaired) electrons. The molecular weight excluding hydrogens is 371 g/mol. The fourth-order valence-corrected chi connectivity index (χ4v) is 3.74. The van der Waals surface area contributed by atoms with Crippen molar-refractivity contribution in [1.29, 1.82) is 0 Å². The monoisotopic (exact) mass is 398 g/mol. The number of amides is 2. The van der Waals surface area contributed by atoms with Crippen molar-refractivity contribution in [2.24, 2.45) is 5.92 Å². The smallest absolute Gasteiger partial charge is 0.224 e. The number of rotatable bonds is 6. The van der Waals surface area contributed by atoms with Gasteiger partial charge >= 0.3 is 0 Å². The Morgan fingerprint density at radius 1 is 1.26 bits per heavy atom. The Morgan fingerprint density at radius 2 is 1.89 bits per heavy atom. The first-order valence-corrected chi connectivity index (χ1v) is 11.1. The Kier molecular flexibility index (Phi) is 6.97. The van der Waals surface area contributed by atoms with Crippen molar-refractivity contribution < 1.29 is 22.4 Å². The number of hydrogen-bond donors (Lipinski definition) is 0. The van der Waals surface area contributed by atoms with E-state index >= 15 is 0 Å². The van der Waals surface area contributed by atoms with Crippen LogP contribution in [0, 0.1) is 11.7 Å². The number of carbonyl (C=O) groups is 2. The fraction of sp³-hybridized carbons (Fsp3) is 0.579. The molecule has 150 valence electrons. The number of halogens is 1. The number of nitrogens with zero attached hydrogens (tertiary/aromatic N) is 2. The lowest BCUT2D eigenvalue weighted by atomic mass is 10.0. The van der Waals surface area contributed by atoms with E-state index in [2.05, 4.69) is 0 Å². The third-order valence-electron chi connectivity index (χ3n) is 4.80. The second-order valence-corrected chi connectivity index (χ2v) is 9.69. The number of sulfone groups is 1. The van der Waals surface area contributed by atoms with E-state index in [-0.39, 0.29) is 54.7 Å². The Balaban J connectivity index is 2.15. The van der Waals surface area contributed by atoms with Crippen LogP contribution >= 0.6 is 0 Å². The number of hydrogen-bond acceptors (Lipinski definition) is 4. The van der Waals surface area contributed by atoms with Crippen molar-refractivity contribution >= 4 is 21.7 Å². The van der Waals surface area contributed by atoms with E-state index in [0.717, 1.165) is 11.8 Å². The SMILES string of the molecule is CC(C)C1CN(C(=O)CCS(C)(=O)=O)CCC(=O)N1Cc1ccc(F)cc1. The van der Waals surface area contributed by atoms with Crippen LogP contribution in [0.25, 0.3) is 0 Å². The average Bonchev–Trinajstić information content (AvgIpc) is 2.74. The van der Waals surface area contributed by atoms with Crippen LogP contribution in [-0.4, -0.2) is 61.2 Å². The largest absolute Gasteiger partial charge is 0.340 e. The van der Waals surface area contributed by atoms with Gasteiger partial charge in [-0.2, -0.15) is 0 Å². The second kappa shape index (κ2) is 8.82. The van der Waals surface area contributed by atoms with Gasteiger partial charge in [-0.15, -0.1) is 0 Å². The molecule has 1 aromatic rings. The van der Waals surface area contributed by atoms with Crippen LogP contribution in [-0.2, 0) is 26.0 Å². The minimum absolute atomic E-state index is 0.0589. The van der Waals surface area contributed by atoms with Gasteiger partial charge in [-0.05, 0) is 23.6 Å². The van der Waals surface area contributed by atoms with E-state index in [1.54, 1.807) is 21.9 Å². The van der Waals surface area contributed by atoms with E-state index in [4.69, 9.17) is 0 Å². The fourth-order valence-electron chi connectivity index (χ4n) is 3.19. The predicted molar refractivity (Wildman–Crippen MR) is 101 cm³/mol.